The maximum absolute atomic E-state index is 13.3. The maximum atomic E-state index is 13.3. The molecule has 6 rings (SSSR count). The largest absolute Gasteiger partial charge is 0.454 e. The highest BCUT2D eigenvalue weighted by Gasteiger charge is 2.33. The lowest BCUT2D eigenvalue weighted by atomic mass is 10.0. The van der Waals surface area contributed by atoms with Crippen LogP contribution in [0.1, 0.15) is 54.8 Å². The van der Waals surface area contributed by atoms with Crippen LogP contribution in [0.15, 0.2) is 36.4 Å². The molecule has 1 aromatic heterocycles. The number of nitrogens with zero attached hydrogens (tertiary/aromatic N) is 3. The van der Waals surface area contributed by atoms with Gasteiger partial charge in [0.25, 0.3) is 0 Å². The first-order chi connectivity index (χ1) is 16.5. The zero-order valence-corrected chi connectivity index (χ0v) is 18.7. The number of rotatable bonds is 4. The Bertz CT molecular complexity index is 1200. The average molecular weight is 473 g/mol. The summed E-state index contributed by atoms with van der Waals surface area (Å²) in [6, 6.07) is 10.1. The second-order valence-electron chi connectivity index (χ2n) is 9.24. The van der Waals surface area contributed by atoms with Gasteiger partial charge in [-0.05, 0) is 61.6 Å². The summed E-state index contributed by atoms with van der Waals surface area (Å²) in [5.41, 5.74) is 1.66. The fourth-order valence-electron chi connectivity index (χ4n) is 5.32. The molecule has 2 aromatic carbocycles. The van der Waals surface area contributed by atoms with Crippen LogP contribution in [0, 0.1) is 0 Å². The highest BCUT2D eigenvalue weighted by Crippen LogP contribution is 2.38. The monoisotopic (exact) mass is 473 g/mol. The van der Waals surface area contributed by atoms with Crippen molar-refractivity contribution in [2.45, 2.75) is 50.6 Å². The molecule has 6 nitrogen and oxygen atoms in total. The van der Waals surface area contributed by atoms with E-state index in [9.17, 15) is 13.2 Å². The molecular formula is C25H26F3N3O3. The van der Waals surface area contributed by atoms with Crippen LogP contribution >= 0.6 is 0 Å². The Balaban J connectivity index is 1.23. The number of alkyl halides is 3. The van der Waals surface area contributed by atoms with Crippen LogP contribution in [0.2, 0.25) is 0 Å². The number of fused-ring (bicyclic) bond motifs is 2. The molecule has 9 heteroatoms. The number of likely N-dealkylation sites (tertiary alicyclic amines) is 1. The van der Waals surface area contributed by atoms with Crippen molar-refractivity contribution in [1.29, 1.82) is 0 Å². The summed E-state index contributed by atoms with van der Waals surface area (Å²) >= 11 is 0. The van der Waals surface area contributed by atoms with E-state index in [1.54, 1.807) is 6.07 Å². The Morgan fingerprint density at radius 2 is 1.79 bits per heavy atom. The first kappa shape index (κ1) is 21.7. The van der Waals surface area contributed by atoms with Gasteiger partial charge in [-0.1, -0.05) is 6.07 Å². The first-order valence-electron chi connectivity index (χ1n) is 11.8. The summed E-state index contributed by atoms with van der Waals surface area (Å²) in [6.07, 6.45) is -0.961. The molecule has 0 amide bonds. The highest BCUT2D eigenvalue weighted by molar-refractivity contribution is 5.77. The first-order valence-corrected chi connectivity index (χ1v) is 11.8. The Labute approximate surface area is 195 Å². The van der Waals surface area contributed by atoms with E-state index in [1.165, 1.54) is 11.6 Å². The lowest BCUT2D eigenvalue weighted by Crippen LogP contribution is -2.34. The normalized spacial score (nSPS) is 21.6. The van der Waals surface area contributed by atoms with Crippen molar-refractivity contribution in [3.63, 3.8) is 0 Å². The number of ether oxygens (including phenoxy) is 3. The molecular weight excluding hydrogens is 447 g/mol. The maximum Gasteiger partial charge on any atom is 0.416 e. The van der Waals surface area contributed by atoms with E-state index in [1.807, 2.05) is 12.1 Å². The Kier molecular flexibility index (Phi) is 5.41. The lowest BCUT2D eigenvalue weighted by molar-refractivity contribution is -0.137. The van der Waals surface area contributed by atoms with Crippen molar-refractivity contribution in [3.8, 4) is 11.5 Å². The van der Waals surface area contributed by atoms with E-state index >= 15 is 0 Å². The molecule has 3 aromatic rings. The van der Waals surface area contributed by atoms with Crippen molar-refractivity contribution in [2.24, 2.45) is 0 Å². The topological polar surface area (TPSA) is 48.8 Å². The summed E-state index contributed by atoms with van der Waals surface area (Å²) in [5, 5.41) is 0. The van der Waals surface area contributed by atoms with Gasteiger partial charge in [0, 0.05) is 32.3 Å². The van der Waals surface area contributed by atoms with Gasteiger partial charge in [-0.2, -0.15) is 13.2 Å². The number of aromatic nitrogens is 2. The van der Waals surface area contributed by atoms with Crippen molar-refractivity contribution < 1.29 is 27.4 Å². The molecule has 0 radical (unpaired) electrons. The number of piperidine rings is 1. The Hall–Kier alpha value is -2.78. The minimum absolute atomic E-state index is 0.159. The predicted octanol–water partition coefficient (Wildman–Crippen LogP) is 5.47. The van der Waals surface area contributed by atoms with Gasteiger partial charge in [-0.3, -0.25) is 4.90 Å². The van der Waals surface area contributed by atoms with Crippen molar-refractivity contribution in [3.05, 3.63) is 53.3 Å². The molecule has 0 aliphatic carbocycles. The fourth-order valence-corrected chi connectivity index (χ4v) is 5.32. The summed E-state index contributed by atoms with van der Waals surface area (Å²) in [5.74, 6) is 2.34. The zero-order chi connectivity index (χ0) is 23.3. The highest BCUT2D eigenvalue weighted by atomic mass is 19.4. The lowest BCUT2D eigenvalue weighted by Gasteiger charge is -2.34. The molecule has 34 heavy (non-hydrogen) atoms. The van der Waals surface area contributed by atoms with Gasteiger partial charge in [-0.15, -0.1) is 0 Å². The standard InChI is InChI=1S/C25H26F3N3O3/c26-25(27,28)17-4-5-20-19(13-17)29-24(22-2-1-11-32-22)31(20)18-7-9-30(10-8-18)14-16-3-6-21-23(12-16)34-15-33-21/h3-6,12-13,18,22H,1-2,7-11,14-15H2. The number of hydrogen-bond acceptors (Lipinski definition) is 5. The van der Waals surface area contributed by atoms with E-state index in [0.717, 1.165) is 74.2 Å². The van der Waals surface area contributed by atoms with Crippen LogP contribution in [-0.4, -0.2) is 40.9 Å². The Morgan fingerprint density at radius 3 is 2.56 bits per heavy atom. The summed E-state index contributed by atoms with van der Waals surface area (Å²) in [6.45, 7) is 3.53. The smallest absolute Gasteiger partial charge is 0.416 e. The molecule has 2 saturated heterocycles. The van der Waals surface area contributed by atoms with Crippen molar-refractivity contribution in [1.82, 2.24) is 14.5 Å². The third kappa shape index (κ3) is 4.01. The van der Waals surface area contributed by atoms with Crippen LogP contribution in [0.5, 0.6) is 11.5 Å². The Morgan fingerprint density at radius 1 is 0.971 bits per heavy atom. The molecule has 0 spiro atoms. The molecule has 180 valence electrons. The van der Waals surface area contributed by atoms with E-state index in [0.29, 0.717) is 12.1 Å². The van der Waals surface area contributed by atoms with E-state index in [2.05, 4.69) is 20.5 Å². The minimum atomic E-state index is -4.39. The van der Waals surface area contributed by atoms with Crippen molar-refractivity contribution in [2.75, 3.05) is 26.5 Å². The number of halogens is 3. The van der Waals surface area contributed by atoms with Gasteiger partial charge in [0.05, 0.1) is 16.6 Å². The summed E-state index contributed by atoms with van der Waals surface area (Å²) < 4.78 is 58.8. The van der Waals surface area contributed by atoms with Crippen LogP contribution in [0.3, 0.4) is 0 Å². The molecule has 2 fully saturated rings. The molecule has 0 saturated carbocycles. The zero-order valence-electron chi connectivity index (χ0n) is 18.7. The molecule has 0 N–H and O–H groups in total. The third-order valence-corrected chi connectivity index (χ3v) is 7.03. The van der Waals surface area contributed by atoms with Gasteiger partial charge in [0.1, 0.15) is 11.9 Å². The van der Waals surface area contributed by atoms with Crippen molar-refractivity contribution >= 4 is 11.0 Å². The second-order valence-corrected chi connectivity index (χ2v) is 9.24. The SMILES string of the molecule is FC(F)(F)c1ccc2c(c1)nc(C1CCCO1)n2C1CCN(Cc2ccc3c(c2)OCO3)CC1. The quantitative estimate of drug-likeness (QED) is 0.503. The minimum Gasteiger partial charge on any atom is -0.454 e. The van der Waals surface area contributed by atoms with E-state index in [4.69, 9.17) is 14.2 Å². The molecule has 1 atom stereocenters. The van der Waals surface area contributed by atoms with Gasteiger partial charge in [-0.25, -0.2) is 4.98 Å². The molecule has 4 heterocycles. The molecule has 3 aliphatic rings. The predicted molar refractivity (Wildman–Crippen MR) is 119 cm³/mol. The average Bonchev–Trinajstić information content (AvgIpc) is 3.57. The number of benzene rings is 2. The van der Waals surface area contributed by atoms with Crippen LogP contribution in [0.4, 0.5) is 13.2 Å². The van der Waals surface area contributed by atoms with Crippen LogP contribution < -0.4 is 9.47 Å². The molecule has 1 unspecified atom stereocenters. The summed E-state index contributed by atoms with van der Waals surface area (Å²) in [4.78, 5) is 7.07. The van der Waals surface area contributed by atoms with Gasteiger partial charge < -0.3 is 18.8 Å². The molecule has 3 aliphatic heterocycles. The van der Waals surface area contributed by atoms with Crippen LogP contribution in [0.25, 0.3) is 11.0 Å². The van der Waals surface area contributed by atoms with E-state index < -0.39 is 11.7 Å². The summed E-state index contributed by atoms with van der Waals surface area (Å²) in [7, 11) is 0. The van der Waals surface area contributed by atoms with Gasteiger partial charge >= 0.3 is 6.18 Å². The molecule has 0 bridgehead atoms. The second kappa shape index (κ2) is 8.46. The van der Waals surface area contributed by atoms with Gasteiger partial charge in [0.2, 0.25) is 6.79 Å². The fraction of sp³-hybridized carbons (Fsp3) is 0.480. The number of imidazole rings is 1. The van der Waals surface area contributed by atoms with Crippen LogP contribution in [-0.2, 0) is 17.5 Å². The van der Waals surface area contributed by atoms with Gasteiger partial charge in [0.15, 0.2) is 11.5 Å². The van der Waals surface area contributed by atoms with E-state index in [-0.39, 0.29) is 18.9 Å². The third-order valence-electron chi connectivity index (χ3n) is 7.03. The number of hydrogen-bond donors (Lipinski definition) is 0.